The highest BCUT2D eigenvalue weighted by Gasteiger charge is 2.27. The molecule has 0 fully saturated rings. The van der Waals surface area contributed by atoms with Gasteiger partial charge in [-0.15, -0.1) is 0 Å². The Morgan fingerprint density at radius 1 is 1.33 bits per heavy atom. The van der Waals surface area contributed by atoms with E-state index in [9.17, 15) is 19.8 Å². The zero-order valence-electron chi connectivity index (χ0n) is 14.3. The molecule has 1 rings (SSSR count). The lowest BCUT2D eigenvalue weighted by Gasteiger charge is -2.13. The average Bonchev–Trinajstić information content (AvgIpc) is 2.89. The molecule has 1 aliphatic carbocycles. The van der Waals surface area contributed by atoms with Crippen LogP contribution < -0.4 is 5.11 Å². The summed E-state index contributed by atoms with van der Waals surface area (Å²) in [5, 5.41) is 20.2. The molecule has 1 N–H and O–H groups in total. The molecule has 4 nitrogen and oxygen atoms in total. The summed E-state index contributed by atoms with van der Waals surface area (Å²) in [5.74, 6) is -1.05. The van der Waals surface area contributed by atoms with Gasteiger partial charge >= 0.3 is 0 Å². The number of carbonyl (C=O) groups excluding carboxylic acids is 2. The van der Waals surface area contributed by atoms with Crippen molar-refractivity contribution in [2.75, 3.05) is 0 Å². The van der Waals surface area contributed by atoms with Gasteiger partial charge in [-0.25, -0.2) is 0 Å². The van der Waals surface area contributed by atoms with Gasteiger partial charge in [0.2, 0.25) is 0 Å². The number of aliphatic hydroxyl groups excluding tert-OH is 1. The van der Waals surface area contributed by atoms with E-state index in [2.05, 4.69) is 0 Å². The highest BCUT2D eigenvalue weighted by molar-refractivity contribution is 5.95. The van der Waals surface area contributed by atoms with Crippen molar-refractivity contribution in [3.63, 3.8) is 0 Å². The molecule has 0 aromatic rings. The fraction of sp³-hybridized carbons (Fsp3) is 0.500. The Balaban J connectivity index is 2.42. The Morgan fingerprint density at radius 3 is 2.83 bits per heavy atom. The summed E-state index contributed by atoms with van der Waals surface area (Å²) in [6.45, 7) is 2.05. The largest absolute Gasteiger partial charge is 0.550 e. The van der Waals surface area contributed by atoms with Crippen molar-refractivity contribution in [3.05, 3.63) is 48.6 Å². The van der Waals surface area contributed by atoms with Crippen molar-refractivity contribution < 1.29 is 19.8 Å². The number of allylic oxidation sites excluding steroid dienone is 6. The molecule has 132 valence electrons. The minimum absolute atomic E-state index is 0.00942. The first kappa shape index (κ1) is 20.1. The third kappa shape index (κ3) is 8.06. The first-order chi connectivity index (χ1) is 11.5. The second-order valence-corrected chi connectivity index (χ2v) is 5.98. The van der Waals surface area contributed by atoms with Crippen molar-refractivity contribution in [1.29, 1.82) is 0 Å². The van der Waals surface area contributed by atoms with Crippen LogP contribution in [0.15, 0.2) is 48.6 Å². The zero-order valence-corrected chi connectivity index (χ0v) is 14.3. The van der Waals surface area contributed by atoms with Gasteiger partial charge in [-0.1, -0.05) is 49.5 Å². The van der Waals surface area contributed by atoms with E-state index in [0.717, 1.165) is 6.42 Å². The van der Waals surface area contributed by atoms with Gasteiger partial charge in [-0.05, 0) is 44.6 Å². The number of unbranched alkanes of at least 4 members (excludes halogenated alkanes) is 1. The molecule has 0 amide bonds. The molecule has 0 aliphatic heterocycles. The number of rotatable bonds is 11. The molecule has 0 aromatic heterocycles. The highest BCUT2D eigenvalue weighted by Crippen LogP contribution is 2.27. The number of hydrogen-bond acceptors (Lipinski definition) is 4. The summed E-state index contributed by atoms with van der Waals surface area (Å²) in [6.07, 6.45) is 17.9. The molecule has 3 atom stereocenters. The van der Waals surface area contributed by atoms with E-state index < -0.39 is 12.1 Å². The Bertz CT molecular complexity index is 514. The number of carbonyl (C=O) groups is 2. The van der Waals surface area contributed by atoms with Crippen LogP contribution in [-0.4, -0.2) is 23.0 Å². The SMILES string of the molecule is CC/C=C\C[C@H](O)/C=C/[C@H]1C=CC(=O)[C@@H]1C/C=C\CCCC(=O)[O-]. The summed E-state index contributed by atoms with van der Waals surface area (Å²) in [5.41, 5.74) is 0. The van der Waals surface area contributed by atoms with Crippen LogP contribution in [0, 0.1) is 11.8 Å². The Morgan fingerprint density at radius 2 is 2.12 bits per heavy atom. The lowest BCUT2D eigenvalue weighted by atomic mass is 9.90. The van der Waals surface area contributed by atoms with E-state index in [4.69, 9.17) is 0 Å². The summed E-state index contributed by atoms with van der Waals surface area (Å²) in [4.78, 5) is 22.3. The van der Waals surface area contributed by atoms with E-state index in [1.807, 2.05) is 43.4 Å². The maximum absolute atomic E-state index is 11.9. The molecule has 24 heavy (non-hydrogen) atoms. The van der Waals surface area contributed by atoms with Crippen LogP contribution in [0.25, 0.3) is 0 Å². The fourth-order valence-corrected chi connectivity index (χ4v) is 2.59. The second-order valence-electron chi connectivity index (χ2n) is 5.98. The monoisotopic (exact) mass is 331 g/mol. The summed E-state index contributed by atoms with van der Waals surface area (Å²) >= 11 is 0. The smallest absolute Gasteiger partial charge is 0.159 e. The van der Waals surface area contributed by atoms with Crippen LogP contribution in [0.3, 0.4) is 0 Å². The number of ketones is 1. The van der Waals surface area contributed by atoms with Crippen LogP contribution in [0.4, 0.5) is 0 Å². The van der Waals surface area contributed by atoms with Gasteiger partial charge in [-0.2, -0.15) is 0 Å². The Kier molecular flexibility index (Phi) is 9.70. The Hall–Kier alpha value is -1.94. The fourth-order valence-electron chi connectivity index (χ4n) is 2.59. The Labute approximate surface area is 144 Å². The normalized spacial score (nSPS) is 22.3. The number of carboxylic acid groups (broad SMARTS) is 1. The molecule has 0 saturated carbocycles. The van der Waals surface area contributed by atoms with Crippen molar-refractivity contribution >= 4 is 11.8 Å². The van der Waals surface area contributed by atoms with Gasteiger partial charge in [0.1, 0.15) is 0 Å². The van der Waals surface area contributed by atoms with Crippen molar-refractivity contribution in [2.24, 2.45) is 11.8 Å². The van der Waals surface area contributed by atoms with Gasteiger partial charge in [0, 0.05) is 17.8 Å². The molecule has 0 unspecified atom stereocenters. The maximum Gasteiger partial charge on any atom is 0.159 e. The third-order valence-electron chi connectivity index (χ3n) is 3.96. The topological polar surface area (TPSA) is 77.4 Å². The number of aliphatic hydroxyl groups is 1. The van der Waals surface area contributed by atoms with Crippen LogP contribution in [0.2, 0.25) is 0 Å². The first-order valence-corrected chi connectivity index (χ1v) is 8.62. The van der Waals surface area contributed by atoms with Crippen LogP contribution in [0.5, 0.6) is 0 Å². The molecule has 0 bridgehead atoms. The minimum Gasteiger partial charge on any atom is -0.550 e. The number of carboxylic acids is 1. The molecule has 0 spiro atoms. The average molecular weight is 331 g/mol. The number of aliphatic carboxylic acids is 1. The van der Waals surface area contributed by atoms with Crippen LogP contribution >= 0.6 is 0 Å². The predicted octanol–water partition coefficient (Wildman–Crippen LogP) is 2.50. The summed E-state index contributed by atoms with van der Waals surface area (Å²) in [6, 6.07) is 0. The van der Waals surface area contributed by atoms with Gasteiger partial charge < -0.3 is 15.0 Å². The van der Waals surface area contributed by atoms with Crippen molar-refractivity contribution in [1.82, 2.24) is 0 Å². The lowest BCUT2D eigenvalue weighted by Crippen LogP contribution is -2.21. The second kappa shape index (κ2) is 11.6. The molecule has 1 aliphatic rings. The third-order valence-corrected chi connectivity index (χ3v) is 3.96. The molecular formula is C20H27O4-. The summed E-state index contributed by atoms with van der Waals surface area (Å²) in [7, 11) is 0. The van der Waals surface area contributed by atoms with Gasteiger partial charge in [0.05, 0.1) is 6.10 Å². The molecule has 0 radical (unpaired) electrons. The standard InChI is InChI=1S/C20H28O4/c1-2-3-6-9-17(21)14-12-16-13-15-19(22)18(16)10-7-4-5-8-11-20(23)24/h3-4,6-7,12-18,21H,2,5,8-11H2,1H3,(H,23,24)/p-1/b6-3-,7-4-,14-12+/t16-,17-,18+/m0/s1. The van der Waals surface area contributed by atoms with Crippen LogP contribution in [-0.2, 0) is 9.59 Å². The number of hydrogen-bond donors (Lipinski definition) is 1. The molecular weight excluding hydrogens is 304 g/mol. The van der Waals surface area contributed by atoms with E-state index >= 15 is 0 Å². The van der Waals surface area contributed by atoms with Gasteiger partial charge in [0.15, 0.2) is 5.78 Å². The molecule has 0 saturated heterocycles. The highest BCUT2D eigenvalue weighted by atomic mass is 16.4. The molecule has 4 heteroatoms. The van der Waals surface area contributed by atoms with Crippen molar-refractivity contribution in [2.45, 2.75) is 51.6 Å². The lowest BCUT2D eigenvalue weighted by molar-refractivity contribution is -0.305. The van der Waals surface area contributed by atoms with Crippen molar-refractivity contribution in [3.8, 4) is 0 Å². The molecule has 0 aromatic carbocycles. The first-order valence-electron chi connectivity index (χ1n) is 8.62. The predicted molar refractivity (Wildman–Crippen MR) is 92.9 cm³/mol. The van der Waals surface area contributed by atoms with E-state index in [1.54, 1.807) is 12.2 Å². The van der Waals surface area contributed by atoms with E-state index in [-0.39, 0.29) is 24.0 Å². The van der Waals surface area contributed by atoms with E-state index in [1.165, 1.54) is 0 Å². The summed E-state index contributed by atoms with van der Waals surface area (Å²) < 4.78 is 0. The van der Waals surface area contributed by atoms with Crippen LogP contribution in [0.1, 0.15) is 45.4 Å². The van der Waals surface area contributed by atoms with E-state index in [0.29, 0.717) is 25.7 Å². The van der Waals surface area contributed by atoms with Gasteiger partial charge in [-0.3, -0.25) is 4.79 Å². The quantitative estimate of drug-likeness (QED) is 0.466. The molecule has 0 heterocycles. The minimum atomic E-state index is -1.03. The zero-order chi connectivity index (χ0) is 17.8. The van der Waals surface area contributed by atoms with Gasteiger partial charge in [0.25, 0.3) is 0 Å². The maximum atomic E-state index is 11.9.